The summed E-state index contributed by atoms with van der Waals surface area (Å²) in [5.74, 6) is 1.02. The molecule has 1 atom stereocenters. The lowest BCUT2D eigenvalue weighted by Gasteiger charge is -2.22. The average molecular weight is 318 g/mol. The van der Waals surface area contributed by atoms with Gasteiger partial charge in [0.2, 0.25) is 5.91 Å². The monoisotopic (exact) mass is 318 g/mol. The van der Waals surface area contributed by atoms with Gasteiger partial charge in [-0.15, -0.1) is 0 Å². The van der Waals surface area contributed by atoms with E-state index in [1.807, 2.05) is 25.1 Å². The molecule has 4 nitrogen and oxygen atoms in total. The van der Waals surface area contributed by atoms with E-state index in [0.29, 0.717) is 6.61 Å². The molecule has 0 aromatic heterocycles. The molecular formula is C19H30N2O2. The Bertz CT molecular complexity index is 510. The fourth-order valence-electron chi connectivity index (χ4n) is 3.12. The summed E-state index contributed by atoms with van der Waals surface area (Å²) in [6.07, 6.45) is 7.34. The van der Waals surface area contributed by atoms with Crippen LogP contribution in [0.15, 0.2) is 18.2 Å². The lowest BCUT2D eigenvalue weighted by Crippen LogP contribution is -2.25. The average Bonchev–Trinajstić information content (AvgIpc) is 2.58. The standard InChI is InChI=1S/C19H30N2O2/c1-3-16(20)12-14-10-11-17(18(13-14)23-4-2)21-19(22)15-8-6-5-7-9-15/h10-11,13,15-16H,3-9,12,20H2,1-2H3,(H,21,22). The van der Waals surface area contributed by atoms with Crippen LogP contribution in [0.3, 0.4) is 0 Å². The molecule has 0 spiro atoms. The van der Waals surface area contributed by atoms with Crippen LogP contribution in [0.5, 0.6) is 5.75 Å². The van der Waals surface area contributed by atoms with E-state index in [9.17, 15) is 4.79 Å². The minimum absolute atomic E-state index is 0.128. The van der Waals surface area contributed by atoms with Gasteiger partial charge in [0.15, 0.2) is 0 Å². The fraction of sp³-hybridized carbons (Fsp3) is 0.632. The highest BCUT2D eigenvalue weighted by Gasteiger charge is 2.22. The number of nitrogens with two attached hydrogens (primary N) is 1. The summed E-state index contributed by atoms with van der Waals surface area (Å²) in [6.45, 7) is 4.62. The van der Waals surface area contributed by atoms with Gasteiger partial charge in [-0.2, -0.15) is 0 Å². The molecule has 1 amide bonds. The van der Waals surface area contributed by atoms with Crippen LogP contribution < -0.4 is 15.8 Å². The maximum Gasteiger partial charge on any atom is 0.227 e. The van der Waals surface area contributed by atoms with Crippen molar-refractivity contribution in [1.29, 1.82) is 0 Å². The maximum absolute atomic E-state index is 12.4. The second-order valence-corrected chi connectivity index (χ2v) is 6.46. The van der Waals surface area contributed by atoms with E-state index >= 15 is 0 Å². The molecule has 0 bridgehead atoms. The molecule has 128 valence electrons. The summed E-state index contributed by atoms with van der Waals surface area (Å²) in [5.41, 5.74) is 7.96. The van der Waals surface area contributed by atoms with Gasteiger partial charge in [0.25, 0.3) is 0 Å². The van der Waals surface area contributed by atoms with Gasteiger partial charge in [-0.25, -0.2) is 0 Å². The third-order valence-corrected chi connectivity index (χ3v) is 4.60. The summed E-state index contributed by atoms with van der Waals surface area (Å²) in [6, 6.07) is 6.15. The van der Waals surface area contributed by atoms with Gasteiger partial charge < -0.3 is 15.8 Å². The minimum atomic E-state index is 0.128. The fourth-order valence-corrected chi connectivity index (χ4v) is 3.12. The molecule has 1 aliphatic carbocycles. The van der Waals surface area contributed by atoms with E-state index < -0.39 is 0 Å². The van der Waals surface area contributed by atoms with Crippen molar-refractivity contribution < 1.29 is 9.53 Å². The number of hydrogen-bond acceptors (Lipinski definition) is 3. The number of hydrogen-bond donors (Lipinski definition) is 2. The Morgan fingerprint density at radius 1 is 1.30 bits per heavy atom. The molecule has 1 saturated carbocycles. The number of nitrogens with one attached hydrogen (secondary N) is 1. The molecule has 1 aromatic rings. The van der Waals surface area contributed by atoms with Crippen LogP contribution in [0.1, 0.15) is 57.9 Å². The van der Waals surface area contributed by atoms with E-state index in [2.05, 4.69) is 12.2 Å². The molecule has 0 heterocycles. The SMILES string of the molecule is CCOc1cc(CC(N)CC)ccc1NC(=O)C1CCCCC1. The topological polar surface area (TPSA) is 64.3 Å². The third kappa shape index (κ3) is 5.24. The Morgan fingerprint density at radius 3 is 2.70 bits per heavy atom. The largest absolute Gasteiger partial charge is 0.492 e. The van der Waals surface area contributed by atoms with Crippen molar-refractivity contribution in [2.45, 2.75) is 64.8 Å². The molecule has 23 heavy (non-hydrogen) atoms. The number of carbonyl (C=O) groups is 1. The van der Waals surface area contributed by atoms with E-state index in [-0.39, 0.29) is 17.9 Å². The molecular weight excluding hydrogens is 288 g/mol. The molecule has 1 fully saturated rings. The lowest BCUT2D eigenvalue weighted by molar-refractivity contribution is -0.120. The van der Waals surface area contributed by atoms with Crippen LogP contribution in [0, 0.1) is 5.92 Å². The second kappa shape index (κ2) is 8.92. The predicted molar refractivity (Wildman–Crippen MR) is 94.8 cm³/mol. The van der Waals surface area contributed by atoms with E-state index in [1.54, 1.807) is 0 Å². The first-order chi connectivity index (χ1) is 11.1. The van der Waals surface area contributed by atoms with E-state index in [4.69, 9.17) is 10.5 Å². The Hall–Kier alpha value is -1.55. The minimum Gasteiger partial charge on any atom is -0.492 e. The van der Waals surface area contributed by atoms with Crippen LogP contribution in [0.4, 0.5) is 5.69 Å². The van der Waals surface area contributed by atoms with Crippen LogP contribution >= 0.6 is 0 Å². The quantitative estimate of drug-likeness (QED) is 0.802. The molecule has 3 N–H and O–H groups in total. The number of amides is 1. The smallest absolute Gasteiger partial charge is 0.227 e. The highest BCUT2D eigenvalue weighted by Crippen LogP contribution is 2.30. The van der Waals surface area contributed by atoms with Crippen LogP contribution in [0.25, 0.3) is 0 Å². The Morgan fingerprint density at radius 2 is 2.04 bits per heavy atom. The maximum atomic E-state index is 12.4. The van der Waals surface area contributed by atoms with Crippen LogP contribution in [-0.4, -0.2) is 18.6 Å². The lowest BCUT2D eigenvalue weighted by atomic mass is 9.88. The zero-order valence-electron chi connectivity index (χ0n) is 14.4. The molecule has 1 aromatic carbocycles. The zero-order valence-corrected chi connectivity index (χ0v) is 14.4. The van der Waals surface area contributed by atoms with Crippen LogP contribution in [0.2, 0.25) is 0 Å². The van der Waals surface area contributed by atoms with Gasteiger partial charge in [-0.3, -0.25) is 4.79 Å². The molecule has 0 saturated heterocycles. The summed E-state index contributed by atoms with van der Waals surface area (Å²) >= 11 is 0. The van der Waals surface area contributed by atoms with Gasteiger partial charge >= 0.3 is 0 Å². The van der Waals surface area contributed by atoms with Crippen molar-refractivity contribution in [2.75, 3.05) is 11.9 Å². The van der Waals surface area contributed by atoms with Crippen molar-refractivity contribution in [3.8, 4) is 5.75 Å². The number of rotatable bonds is 7. The van der Waals surface area contributed by atoms with Crippen molar-refractivity contribution >= 4 is 11.6 Å². The number of ether oxygens (including phenoxy) is 1. The van der Waals surface area contributed by atoms with Crippen molar-refractivity contribution in [2.24, 2.45) is 11.7 Å². The molecule has 0 aliphatic heterocycles. The summed E-state index contributed by atoms with van der Waals surface area (Å²) in [7, 11) is 0. The summed E-state index contributed by atoms with van der Waals surface area (Å²) < 4.78 is 5.73. The third-order valence-electron chi connectivity index (χ3n) is 4.60. The normalized spacial score (nSPS) is 16.8. The van der Waals surface area contributed by atoms with Gasteiger partial charge in [0.05, 0.1) is 12.3 Å². The highest BCUT2D eigenvalue weighted by atomic mass is 16.5. The predicted octanol–water partition coefficient (Wildman–Crippen LogP) is 3.88. The Balaban J connectivity index is 2.08. The van der Waals surface area contributed by atoms with Crippen molar-refractivity contribution in [3.63, 3.8) is 0 Å². The van der Waals surface area contributed by atoms with Crippen molar-refractivity contribution in [1.82, 2.24) is 0 Å². The number of anilines is 1. The molecule has 0 radical (unpaired) electrons. The molecule has 1 unspecified atom stereocenters. The number of carbonyl (C=O) groups excluding carboxylic acids is 1. The van der Waals surface area contributed by atoms with Crippen molar-refractivity contribution in [3.05, 3.63) is 23.8 Å². The van der Waals surface area contributed by atoms with Gasteiger partial charge in [-0.05, 0) is 50.3 Å². The first-order valence-corrected chi connectivity index (χ1v) is 8.96. The Kier molecular flexibility index (Phi) is 6.90. The number of benzene rings is 1. The van der Waals surface area contributed by atoms with E-state index in [0.717, 1.165) is 55.5 Å². The zero-order chi connectivity index (χ0) is 16.7. The van der Waals surface area contributed by atoms with Gasteiger partial charge in [-0.1, -0.05) is 32.3 Å². The van der Waals surface area contributed by atoms with Crippen LogP contribution in [-0.2, 0) is 11.2 Å². The summed E-state index contributed by atoms with van der Waals surface area (Å²) in [5, 5.41) is 3.06. The second-order valence-electron chi connectivity index (χ2n) is 6.46. The first-order valence-electron chi connectivity index (χ1n) is 8.96. The van der Waals surface area contributed by atoms with E-state index in [1.165, 1.54) is 6.42 Å². The van der Waals surface area contributed by atoms with Gasteiger partial charge in [0.1, 0.15) is 5.75 Å². The molecule has 4 heteroatoms. The Labute approximate surface area is 139 Å². The highest BCUT2D eigenvalue weighted by molar-refractivity contribution is 5.94. The first kappa shape index (κ1) is 17.8. The summed E-state index contributed by atoms with van der Waals surface area (Å²) in [4.78, 5) is 12.4. The molecule has 2 rings (SSSR count). The van der Waals surface area contributed by atoms with Gasteiger partial charge in [0, 0.05) is 12.0 Å². The molecule has 1 aliphatic rings.